The summed E-state index contributed by atoms with van der Waals surface area (Å²) >= 11 is 0. The highest BCUT2D eigenvalue weighted by Gasteiger charge is 2.28. The summed E-state index contributed by atoms with van der Waals surface area (Å²) in [5.41, 5.74) is -0.741. The Morgan fingerprint density at radius 1 is 0.175 bits per heavy atom. The van der Waals surface area contributed by atoms with Crippen LogP contribution in [0.3, 0.4) is 0 Å². The molecule has 114 heavy (non-hydrogen) atoms. The van der Waals surface area contributed by atoms with Crippen LogP contribution in [0, 0.1) is 5.41 Å². The van der Waals surface area contributed by atoms with Gasteiger partial charge >= 0.3 is 135 Å². The van der Waals surface area contributed by atoms with E-state index < -0.39 is 276 Å². The first-order valence-corrected chi connectivity index (χ1v) is 28.5. The Balaban J connectivity index is 3.86. The lowest BCUT2D eigenvalue weighted by molar-refractivity contribution is -0.155. The number of methoxy groups -OCH3 is 1. The number of carbonyl (C=O) groups is 22. The molecule has 0 aromatic heterocycles. The van der Waals surface area contributed by atoms with Crippen LogP contribution in [-0.2, 0) is 209 Å². The molecule has 0 aromatic carbocycles. The zero-order valence-corrected chi connectivity index (χ0v) is 57.9. The third-order valence-electron chi connectivity index (χ3n) is 9.23. The number of ether oxygens (including phenoxy) is 42. The summed E-state index contributed by atoms with van der Waals surface area (Å²) in [6, 6.07) is 0. The molecular weight excluding hydrogens is 1620 g/mol. The molecule has 0 aliphatic heterocycles. The first-order valence-electron chi connectivity index (χ1n) is 28.5. The Morgan fingerprint density at radius 2 is 0.289 bits per heavy atom. The number of rotatable bonds is 45. The molecule has 0 aliphatic carbocycles. The van der Waals surface area contributed by atoms with Crippen LogP contribution >= 0.6 is 0 Å². The van der Waals surface area contributed by atoms with Crippen molar-refractivity contribution >= 4 is 135 Å². The Bertz CT molecular complexity index is 3130. The van der Waals surface area contributed by atoms with E-state index in [4.69, 9.17) is 4.74 Å². The summed E-state index contributed by atoms with van der Waals surface area (Å²) in [5.74, 6) is -1.43. The van der Waals surface area contributed by atoms with Gasteiger partial charge < -0.3 is 199 Å². The van der Waals surface area contributed by atoms with Crippen molar-refractivity contribution in [2.24, 2.45) is 5.41 Å². The third kappa shape index (κ3) is 59.5. The fourth-order valence-corrected chi connectivity index (χ4v) is 4.00. The van der Waals surface area contributed by atoms with Gasteiger partial charge in [0.05, 0.1) is 12.5 Å². The highest BCUT2D eigenvalue weighted by molar-refractivity contribution is 5.76. The van der Waals surface area contributed by atoms with E-state index in [9.17, 15) is 105 Å². The van der Waals surface area contributed by atoms with E-state index in [1.807, 2.05) is 0 Å². The third-order valence-corrected chi connectivity index (χ3v) is 9.23. The second-order valence-corrected chi connectivity index (χ2v) is 16.8. The number of esters is 2. The molecule has 0 saturated heterocycles. The summed E-state index contributed by atoms with van der Waals surface area (Å²) in [6.45, 7) is -18.6. The summed E-state index contributed by atoms with van der Waals surface area (Å²) < 4.78 is 180. The van der Waals surface area contributed by atoms with Crippen LogP contribution in [0.25, 0.3) is 0 Å². The average Bonchev–Trinajstić information content (AvgIpc) is 0.895. The molecule has 0 fully saturated rings. The van der Waals surface area contributed by atoms with E-state index in [1.165, 1.54) is 0 Å². The van der Waals surface area contributed by atoms with E-state index in [0.717, 1.165) is 7.11 Å². The predicted molar refractivity (Wildman–Crippen MR) is 301 cm³/mol. The minimum absolute atomic E-state index is 0.269. The molecule has 0 heterocycles. The van der Waals surface area contributed by atoms with Crippen molar-refractivity contribution in [3.63, 3.8) is 0 Å². The van der Waals surface area contributed by atoms with Gasteiger partial charge in [-0.25, -0.2) is 101 Å². The van der Waals surface area contributed by atoms with Gasteiger partial charge in [-0.2, -0.15) is 0 Å². The number of hydrogen-bond acceptors (Lipinski definition) is 64. The molecule has 0 saturated carbocycles. The first kappa shape index (κ1) is 98.3. The van der Waals surface area contributed by atoms with Gasteiger partial charge in [-0.15, -0.1) is 0 Å². The molecule has 0 amide bonds. The van der Waals surface area contributed by atoms with Crippen LogP contribution in [0.5, 0.6) is 0 Å². The zero-order valence-electron chi connectivity index (χ0n) is 57.9. The van der Waals surface area contributed by atoms with Gasteiger partial charge in [0.15, 0.2) is 6.61 Å². The second-order valence-electron chi connectivity index (χ2n) is 16.8. The minimum atomic E-state index is -1.65. The predicted octanol–water partition coefficient (Wildman–Crippen LogP) is 3.40. The van der Waals surface area contributed by atoms with Gasteiger partial charge in [0, 0.05) is 0 Å². The van der Waals surface area contributed by atoms with Gasteiger partial charge in [-0.3, -0.25) is 4.79 Å². The second kappa shape index (κ2) is 61.4. The Labute approximate surface area is 627 Å². The van der Waals surface area contributed by atoms with Gasteiger partial charge in [-0.05, 0) is 20.3 Å². The smallest absolute Gasteiger partial charge is 0.466 e. The number of carbonyl (C=O) groups excluding carboxylic acids is 22. The lowest BCUT2D eigenvalue weighted by Crippen LogP contribution is -2.27. The molecule has 0 radical (unpaired) electrons. The summed E-state index contributed by atoms with van der Waals surface area (Å²) in [7, 11) is 1.02. The van der Waals surface area contributed by atoms with Crippen molar-refractivity contribution < 1.29 is 304 Å². The number of hydrogen-bond donors (Lipinski definition) is 0. The Morgan fingerprint density at radius 3 is 0.412 bits per heavy atom. The monoisotopic (exact) mass is 1680 g/mol. The Kier molecular flexibility index (Phi) is 52.9. The van der Waals surface area contributed by atoms with Crippen LogP contribution in [0.1, 0.15) is 27.2 Å². The van der Waals surface area contributed by atoms with E-state index in [2.05, 4.69) is 194 Å². The van der Waals surface area contributed by atoms with Gasteiger partial charge in [-0.1, -0.05) is 6.92 Å². The topological polar surface area (TPSA) is 763 Å². The lowest BCUT2D eigenvalue weighted by Gasteiger charge is -2.20. The van der Waals surface area contributed by atoms with Crippen LogP contribution < -0.4 is 0 Å². The maximum Gasteiger partial charge on any atom is 0.514 e. The van der Waals surface area contributed by atoms with Crippen molar-refractivity contribution in [2.45, 2.75) is 27.2 Å². The van der Waals surface area contributed by atoms with Crippen LogP contribution in [0.4, 0.5) is 95.9 Å². The summed E-state index contributed by atoms with van der Waals surface area (Å²) in [4.78, 5) is 252. The SMILES string of the molecule is CCC(C)(C)C(=O)OCCOC(=O)OCOC(=O)OCOC(=O)OCOC(=O)OCOC(=O)OCOC(=O)OCOC(=O)OCOC(=O)OCOC(=O)OCOC(=O)OCOC(=O)OCOC(=O)OCOC(=O)OCOC(=O)OCOC(=O)OCOC(=O)OCOC(=O)OCOC(=O)OCOC(=O)OCOC(=O)OCC(=O)OC. The molecule has 64 nitrogen and oxygen atoms in total. The van der Waals surface area contributed by atoms with E-state index in [-0.39, 0.29) is 13.2 Å². The summed E-state index contributed by atoms with van der Waals surface area (Å²) in [6.07, 6.45) is -31.2. The molecule has 64 heteroatoms. The van der Waals surface area contributed by atoms with Crippen molar-refractivity contribution in [3.05, 3.63) is 0 Å². The van der Waals surface area contributed by atoms with Gasteiger partial charge in [0.1, 0.15) is 13.2 Å². The highest BCUT2D eigenvalue weighted by Crippen LogP contribution is 2.21. The molecule has 0 unspecified atom stereocenters. The normalized spacial score (nSPS) is 9.75. The van der Waals surface area contributed by atoms with Gasteiger partial charge in [0.25, 0.3) is 0 Å². The standard InChI is InChI=1S/C50H58O64/c1-5-50(2,3)29(52)74-6-7-75-30(53)77-9-79-32(55)81-11-83-34(57)85-13-87-36(59)89-15-91-38(61)93-17-95-40(63)97-19-99-42(65)101-21-103-44(67)105-23-107-46(69)109-25-111-48(71)113-27-114-49(72)112-26-110-47(70)108-24-106-45(68)104-22-102-43(66)100-20-98-41(64)96-18-94-39(62)92-16-90-37(60)88-14-86-35(58)84-12-82-33(56)80-10-78-31(54)76-8-28(51)73-4/h5-27H2,1-4H3. The Hall–Kier alpha value is -15.7. The fourth-order valence-electron chi connectivity index (χ4n) is 4.00. The molecular formula is C50H58O64. The molecule has 0 aromatic rings. The molecule has 0 atom stereocenters. The van der Waals surface area contributed by atoms with E-state index >= 15 is 0 Å². The van der Waals surface area contributed by atoms with Crippen molar-refractivity contribution in [2.75, 3.05) is 156 Å². The van der Waals surface area contributed by atoms with Crippen molar-refractivity contribution in [1.29, 1.82) is 0 Å². The van der Waals surface area contributed by atoms with Gasteiger partial charge in [0.2, 0.25) is 129 Å². The molecule has 0 N–H and O–H groups in total. The van der Waals surface area contributed by atoms with Crippen molar-refractivity contribution in [3.8, 4) is 0 Å². The largest absolute Gasteiger partial charge is 0.514 e. The quantitative estimate of drug-likeness (QED) is 0.0365. The zero-order chi connectivity index (χ0) is 85.2. The lowest BCUT2D eigenvalue weighted by atomic mass is 9.91. The van der Waals surface area contributed by atoms with Crippen LogP contribution in [0.15, 0.2) is 0 Å². The molecule has 0 rings (SSSR count). The first-order chi connectivity index (χ1) is 54.3. The molecule has 0 spiro atoms. The van der Waals surface area contributed by atoms with E-state index in [0.29, 0.717) is 6.42 Å². The van der Waals surface area contributed by atoms with Crippen LogP contribution in [-0.4, -0.2) is 291 Å². The highest BCUT2D eigenvalue weighted by atomic mass is 17.0. The van der Waals surface area contributed by atoms with Crippen LogP contribution in [0.2, 0.25) is 0 Å². The van der Waals surface area contributed by atoms with Crippen molar-refractivity contribution in [1.82, 2.24) is 0 Å². The maximum absolute atomic E-state index is 11.8. The molecule has 0 aliphatic rings. The molecule has 0 bridgehead atoms. The minimum Gasteiger partial charge on any atom is -0.466 e. The summed E-state index contributed by atoms with van der Waals surface area (Å²) in [5, 5.41) is 0. The fraction of sp³-hybridized carbons (Fsp3) is 0.560. The van der Waals surface area contributed by atoms with E-state index in [1.54, 1.807) is 20.8 Å². The molecule has 642 valence electrons. The maximum atomic E-state index is 11.8. The average molecular weight is 1680 g/mol.